The topological polar surface area (TPSA) is 81.3 Å². The molecule has 0 atom stereocenters. The molecule has 2 aromatic heterocycles. The summed E-state index contributed by atoms with van der Waals surface area (Å²) in [6.07, 6.45) is -5.10. The third-order valence-corrected chi connectivity index (χ3v) is 7.04. The maximum absolute atomic E-state index is 14.5. The van der Waals surface area contributed by atoms with Gasteiger partial charge in [-0.25, -0.2) is 8.78 Å². The standard InChI is InChI=1S/C28H19F5N2O4S/c1-38-24-6-4-15(7-17(24)9-26(36)39-2)18-8-25(40-14-18)23-11-21(28(31,32)33)20(12-34)27(37)35(23)13-16-3-5-19(29)10-22(16)30/h3-8,10-11,14H,9,13H2,1-2H3. The van der Waals surface area contributed by atoms with Crippen LogP contribution in [-0.2, 0) is 28.7 Å². The Bertz CT molecular complexity index is 1700. The molecular weight excluding hydrogens is 555 g/mol. The molecule has 4 aromatic rings. The van der Waals surface area contributed by atoms with Gasteiger partial charge in [-0.15, -0.1) is 11.3 Å². The van der Waals surface area contributed by atoms with Crippen LogP contribution in [0.15, 0.2) is 58.7 Å². The normalized spacial score (nSPS) is 11.2. The zero-order chi connectivity index (χ0) is 29.2. The van der Waals surface area contributed by atoms with Gasteiger partial charge < -0.3 is 14.0 Å². The second-order valence-electron chi connectivity index (χ2n) is 8.53. The van der Waals surface area contributed by atoms with E-state index in [9.17, 15) is 36.8 Å². The molecule has 206 valence electrons. The van der Waals surface area contributed by atoms with E-state index < -0.39 is 47.0 Å². The third-order valence-electron chi connectivity index (χ3n) is 6.09. The van der Waals surface area contributed by atoms with Crippen LogP contribution in [0.1, 0.15) is 22.3 Å². The fraction of sp³-hybridized carbons (Fsp3) is 0.179. The second-order valence-corrected chi connectivity index (χ2v) is 9.45. The van der Waals surface area contributed by atoms with Crippen molar-refractivity contribution in [2.75, 3.05) is 14.2 Å². The van der Waals surface area contributed by atoms with Gasteiger partial charge in [-0.1, -0.05) is 12.1 Å². The number of ether oxygens (including phenoxy) is 2. The molecule has 0 saturated carbocycles. The van der Waals surface area contributed by atoms with E-state index in [2.05, 4.69) is 0 Å². The van der Waals surface area contributed by atoms with Gasteiger partial charge in [0.1, 0.15) is 29.0 Å². The molecule has 0 N–H and O–H groups in total. The quantitative estimate of drug-likeness (QED) is 0.194. The van der Waals surface area contributed by atoms with Crippen LogP contribution in [0.2, 0.25) is 0 Å². The number of halogens is 5. The Hall–Kier alpha value is -4.50. The number of benzene rings is 2. The van der Waals surface area contributed by atoms with Gasteiger partial charge in [-0.05, 0) is 46.8 Å². The van der Waals surface area contributed by atoms with E-state index in [1.165, 1.54) is 26.4 Å². The van der Waals surface area contributed by atoms with Crippen LogP contribution in [0.3, 0.4) is 0 Å². The Morgan fingerprint density at radius 2 is 1.77 bits per heavy atom. The molecule has 2 heterocycles. The number of thiophene rings is 1. The van der Waals surface area contributed by atoms with E-state index >= 15 is 0 Å². The Balaban J connectivity index is 1.88. The molecule has 40 heavy (non-hydrogen) atoms. The van der Waals surface area contributed by atoms with Crippen LogP contribution < -0.4 is 10.3 Å². The van der Waals surface area contributed by atoms with Crippen molar-refractivity contribution in [3.8, 4) is 33.5 Å². The molecule has 0 spiro atoms. The number of hydrogen-bond donors (Lipinski definition) is 0. The van der Waals surface area contributed by atoms with E-state index in [1.54, 1.807) is 23.6 Å². The van der Waals surface area contributed by atoms with Crippen molar-refractivity contribution in [1.82, 2.24) is 4.57 Å². The molecule has 0 radical (unpaired) electrons. The third kappa shape index (κ3) is 5.74. The fourth-order valence-corrected chi connectivity index (χ4v) is 5.05. The number of hydrogen-bond acceptors (Lipinski definition) is 6. The minimum atomic E-state index is -5.02. The summed E-state index contributed by atoms with van der Waals surface area (Å²) in [4.78, 5) is 25.2. The van der Waals surface area contributed by atoms with Crippen LogP contribution in [0.5, 0.6) is 5.75 Å². The first-order valence-corrected chi connectivity index (χ1v) is 12.4. The van der Waals surface area contributed by atoms with Gasteiger partial charge >= 0.3 is 12.1 Å². The van der Waals surface area contributed by atoms with Crippen molar-refractivity contribution in [2.24, 2.45) is 0 Å². The van der Waals surface area contributed by atoms with Crippen molar-refractivity contribution in [1.29, 1.82) is 5.26 Å². The Morgan fingerprint density at radius 1 is 1.02 bits per heavy atom. The molecule has 0 unspecified atom stereocenters. The van der Waals surface area contributed by atoms with E-state index in [0.717, 1.165) is 28.0 Å². The van der Waals surface area contributed by atoms with Crippen molar-refractivity contribution in [3.63, 3.8) is 0 Å². The second kappa shape index (κ2) is 11.3. The Kier molecular flexibility index (Phi) is 8.06. The molecule has 0 fully saturated rings. The lowest BCUT2D eigenvalue weighted by molar-refractivity contribution is -0.140. The van der Waals surface area contributed by atoms with E-state index in [-0.39, 0.29) is 22.6 Å². The van der Waals surface area contributed by atoms with Crippen LogP contribution in [0.4, 0.5) is 22.0 Å². The Morgan fingerprint density at radius 3 is 2.40 bits per heavy atom. The number of nitrogens with zero attached hydrogens (tertiary/aromatic N) is 2. The number of alkyl halides is 3. The summed E-state index contributed by atoms with van der Waals surface area (Å²) < 4.78 is 80.3. The van der Waals surface area contributed by atoms with Crippen molar-refractivity contribution >= 4 is 17.3 Å². The lowest BCUT2D eigenvalue weighted by Gasteiger charge is -2.17. The highest BCUT2D eigenvalue weighted by Gasteiger charge is 2.37. The van der Waals surface area contributed by atoms with Gasteiger partial charge in [0.15, 0.2) is 0 Å². The fourth-order valence-electron chi connectivity index (χ4n) is 4.11. The molecule has 12 heteroatoms. The van der Waals surface area contributed by atoms with Gasteiger partial charge in [0.05, 0.1) is 43.3 Å². The lowest BCUT2D eigenvalue weighted by atomic mass is 10.0. The highest BCUT2D eigenvalue weighted by atomic mass is 32.1. The number of methoxy groups -OCH3 is 2. The van der Waals surface area contributed by atoms with Gasteiger partial charge in [0, 0.05) is 17.2 Å². The summed E-state index contributed by atoms with van der Waals surface area (Å²) in [6.45, 7) is -0.549. The summed E-state index contributed by atoms with van der Waals surface area (Å²) in [5, 5.41) is 11.0. The number of aromatic nitrogens is 1. The summed E-state index contributed by atoms with van der Waals surface area (Å²) in [5.41, 5.74) is -2.53. The molecule has 4 rings (SSSR count). The van der Waals surface area contributed by atoms with E-state index in [4.69, 9.17) is 9.47 Å². The molecule has 0 bridgehead atoms. The molecule has 0 aliphatic carbocycles. The monoisotopic (exact) mass is 574 g/mol. The molecule has 0 aliphatic heterocycles. The van der Waals surface area contributed by atoms with Gasteiger partial charge in [0.25, 0.3) is 5.56 Å². The van der Waals surface area contributed by atoms with Crippen LogP contribution in [0.25, 0.3) is 21.7 Å². The van der Waals surface area contributed by atoms with Crippen molar-refractivity contribution < 1.29 is 36.2 Å². The predicted molar refractivity (Wildman–Crippen MR) is 137 cm³/mol. The minimum Gasteiger partial charge on any atom is -0.496 e. The van der Waals surface area contributed by atoms with Gasteiger partial charge in [0.2, 0.25) is 0 Å². The molecule has 0 aliphatic rings. The number of pyridine rings is 1. The predicted octanol–water partition coefficient (Wildman–Crippen LogP) is 6.18. The van der Waals surface area contributed by atoms with Crippen LogP contribution in [-0.4, -0.2) is 24.8 Å². The van der Waals surface area contributed by atoms with Crippen LogP contribution >= 0.6 is 11.3 Å². The molecule has 0 amide bonds. The molecular formula is C28H19F5N2O4S. The first kappa shape index (κ1) is 28.5. The molecule has 2 aromatic carbocycles. The minimum absolute atomic E-state index is 0.0855. The first-order chi connectivity index (χ1) is 19.0. The van der Waals surface area contributed by atoms with Crippen molar-refractivity contribution in [3.05, 3.63) is 98.2 Å². The summed E-state index contributed by atoms with van der Waals surface area (Å²) >= 11 is 1.02. The van der Waals surface area contributed by atoms with E-state index in [1.807, 2.05) is 0 Å². The largest absolute Gasteiger partial charge is 0.496 e. The summed E-state index contributed by atoms with van der Waals surface area (Å²) in [5.74, 6) is -1.94. The summed E-state index contributed by atoms with van der Waals surface area (Å²) in [6, 6.07) is 11.1. The molecule has 6 nitrogen and oxygen atoms in total. The average Bonchev–Trinajstić information content (AvgIpc) is 3.40. The zero-order valence-electron chi connectivity index (χ0n) is 20.9. The highest BCUT2D eigenvalue weighted by molar-refractivity contribution is 7.14. The van der Waals surface area contributed by atoms with Crippen LogP contribution in [0, 0.1) is 23.0 Å². The number of nitriles is 1. The number of rotatable bonds is 7. The average molecular weight is 575 g/mol. The van der Waals surface area contributed by atoms with Gasteiger partial charge in [-0.2, -0.15) is 18.4 Å². The first-order valence-electron chi connectivity index (χ1n) is 11.5. The SMILES string of the molecule is COC(=O)Cc1cc(-c2csc(-c3cc(C(F)(F)F)c(C#N)c(=O)n3Cc3ccc(F)cc3F)c2)ccc1OC. The lowest BCUT2D eigenvalue weighted by Crippen LogP contribution is -2.28. The van der Waals surface area contributed by atoms with Gasteiger partial charge in [-0.3, -0.25) is 9.59 Å². The number of esters is 1. The smallest absolute Gasteiger partial charge is 0.417 e. The van der Waals surface area contributed by atoms with Crippen molar-refractivity contribution in [2.45, 2.75) is 19.1 Å². The number of carbonyl (C=O) groups excluding carboxylic acids is 1. The highest BCUT2D eigenvalue weighted by Crippen LogP contribution is 2.38. The zero-order valence-corrected chi connectivity index (χ0v) is 21.8. The summed E-state index contributed by atoms with van der Waals surface area (Å²) in [7, 11) is 2.68. The maximum Gasteiger partial charge on any atom is 0.417 e. The van der Waals surface area contributed by atoms with E-state index in [0.29, 0.717) is 34.6 Å². The molecule has 0 saturated heterocycles. The maximum atomic E-state index is 14.5. The number of carbonyl (C=O) groups is 1. The Labute approximate surface area is 228 Å².